The second-order valence-corrected chi connectivity index (χ2v) is 8.71. The molecule has 0 aliphatic rings. The molecule has 11 N–H and O–H groups in total. The van der Waals surface area contributed by atoms with Gasteiger partial charge in [0, 0.05) is 6.42 Å². The summed E-state index contributed by atoms with van der Waals surface area (Å²) in [6, 6.07) is 3.72. The number of hydrogen-bond donors (Lipinski definition) is 8. The summed E-state index contributed by atoms with van der Waals surface area (Å²) >= 11 is 0. The van der Waals surface area contributed by atoms with Crippen molar-refractivity contribution in [3.63, 3.8) is 0 Å². The third-order valence-corrected chi connectivity index (χ3v) is 5.52. The molecule has 4 amide bonds. The molecule has 0 spiro atoms. The zero-order valence-electron chi connectivity index (χ0n) is 20.9. The van der Waals surface area contributed by atoms with E-state index in [-0.39, 0.29) is 25.7 Å². The van der Waals surface area contributed by atoms with Gasteiger partial charge in [0.1, 0.15) is 18.1 Å². The monoisotopic (exact) mass is 536 g/mol. The Labute approximate surface area is 219 Å². The number of carbonyl (C=O) groups excluding carboxylic acids is 4. The van der Waals surface area contributed by atoms with Gasteiger partial charge in [0.05, 0.1) is 12.5 Å². The van der Waals surface area contributed by atoms with Crippen LogP contribution >= 0.6 is 0 Å². The lowest BCUT2D eigenvalue weighted by molar-refractivity contribution is -0.147. The Balaban J connectivity index is 3.01. The standard InChI is InChI=1S/C24H36N6O8/c25-11-5-4-8-16(28-21(34)15(26)12-14-6-2-1-3-7-14)22(35)29-17(9-10-19(27)31)23(36)30-18(24(37)38)13-20(32)33/h1-3,6-7,15-18H,4-5,8-13,25-26H2,(H2,27,31)(H,28,34)(H,29,35)(H,30,36)(H,32,33)(H,37,38). The van der Waals surface area contributed by atoms with Crippen LogP contribution in [0, 0.1) is 0 Å². The molecule has 0 heterocycles. The van der Waals surface area contributed by atoms with Crippen molar-refractivity contribution >= 4 is 35.6 Å². The van der Waals surface area contributed by atoms with E-state index in [9.17, 15) is 33.9 Å². The number of carbonyl (C=O) groups is 6. The first kappa shape index (κ1) is 32.0. The molecule has 1 rings (SSSR count). The van der Waals surface area contributed by atoms with Crippen molar-refractivity contribution in [2.75, 3.05) is 6.54 Å². The topological polar surface area (TPSA) is 257 Å². The molecule has 210 valence electrons. The molecule has 1 aromatic rings. The van der Waals surface area contributed by atoms with Crippen LogP contribution in [0.25, 0.3) is 0 Å². The van der Waals surface area contributed by atoms with Gasteiger partial charge in [-0.2, -0.15) is 0 Å². The van der Waals surface area contributed by atoms with Gasteiger partial charge in [0.15, 0.2) is 0 Å². The van der Waals surface area contributed by atoms with E-state index in [2.05, 4.69) is 10.6 Å². The number of rotatable bonds is 18. The summed E-state index contributed by atoms with van der Waals surface area (Å²) in [6.07, 6.45) is -0.141. The molecule has 38 heavy (non-hydrogen) atoms. The molecule has 0 bridgehead atoms. The number of primary amides is 1. The van der Waals surface area contributed by atoms with E-state index in [0.717, 1.165) is 5.56 Å². The number of nitrogens with two attached hydrogens (primary N) is 3. The van der Waals surface area contributed by atoms with Crippen molar-refractivity contribution in [1.29, 1.82) is 0 Å². The number of aliphatic carboxylic acids is 2. The van der Waals surface area contributed by atoms with Crippen LogP contribution < -0.4 is 33.2 Å². The Morgan fingerprint density at radius 2 is 1.34 bits per heavy atom. The number of benzene rings is 1. The van der Waals surface area contributed by atoms with Gasteiger partial charge in [-0.3, -0.25) is 24.0 Å². The van der Waals surface area contributed by atoms with E-state index < -0.39 is 66.2 Å². The summed E-state index contributed by atoms with van der Waals surface area (Å²) in [6.45, 7) is 0.347. The van der Waals surface area contributed by atoms with Crippen LogP contribution in [0.5, 0.6) is 0 Å². The Morgan fingerprint density at radius 3 is 1.87 bits per heavy atom. The summed E-state index contributed by atoms with van der Waals surface area (Å²) in [5.74, 6) is -6.26. The highest BCUT2D eigenvalue weighted by molar-refractivity contribution is 5.95. The average Bonchev–Trinajstić information content (AvgIpc) is 2.85. The summed E-state index contributed by atoms with van der Waals surface area (Å²) in [5.41, 5.74) is 17.5. The second-order valence-electron chi connectivity index (χ2n) is 8.71. The summed E-state index contributed by atoms with van der Waals surface area (Å²) in [4.78, 5) is 72.2. The van der Waals surface area contributed by atoms with E-state index in [1.54, 1.807) is 24.3 Å². The fourth-order valence-corrected chi connectivity index (χ4v) is 3.48. The molecule has 1 aromatic carbocycles. The highest BCUT2D eigenvalue weighted by Gasteiger charge is 2.31. The maximum Gasteiger partial charge on any atom is 0.326 e. The van der Waals surface area contributed by atoms with Crippen molar-refractivity contribution in [3.05, 3.63) is 35.9 Å². The molecule has 0 fully saturated rings. The third-order valence-electron chi connectivity index (χ3n) is 5.52. The van der Waals surface area contributed by atoms with E-state index in [4.69, 9.17) is 22.3 Å². The largest absolute Gasteiger partial charge is 0.481 e. The minimum absolute atomic E-state index is 0.160. The van der Waals surface area contributed by atoms with Crippen molar-refractivity contribution in [3.8, 4) is 0 Å². The maximum absolute atomic E-state index is 13.1. The molecular weight excluding hydrogens is 500 g/mol. The van der Waals surface area contributed by atoms with Gasteiger partial charge < -0.3 is 43.4 Å². The Hall–Kier alpha value is -4.04. The number of amides is 4. The SMILES string of the molecule is NCCCCC(NC(=O)C(N)Cc1ccccc1)C(=O)NC(CCC(N)=O)C(=O)NC(CC(=O)O)C(=O)O. The zero-order chi connectivity index (χ0) is 28.7. The number of unbranched alkanes of at least 4 members (excludes halogenated alkanes) is 1. The van der Waals surface area contributed by atoms with Crippen LogP contribution in [0.4, 0.5) is 0 Å². The molecular formula is C24H36N6O8. The summed E-state index contributed by atoms with van der Waals surface area (Å²) < 4.78 is 0. The number of nitrogens with one attached hydrogen (secondary N) is 3. The molecule has 0 aliphatic carbocycles. The highest BCUT2D eigenvalue weighted by atomic mass is 16.4. The Bertz CT molecular complexity index is 974. The minimum atomic E-state index is -1.77. The highest BCUT2D eigenvalue weighted by Crippen LogP contribution is 2.07. The zero-order valence-corrected chi connectivity index (χ0v) is 20.9. The van der Waals surface area contributed by atoms with E-state index in [1.165, 1.54) is 0 Å². The first-order chi connectivity index (χ1) is 17.9. The fraction of sp³-hybridized carbons (Fsp3) is 0.500. The van der Waals surface area contributed by atoms with E-state index >= 15 is 0 Å². The van der Waals surface area contributed by atoms with Crippen LogP contribution in [-0.4, -0.2) is 76.5 Å². The van der Waals surface area contributed by atoms with E-state index in [0.29, 0.717) is 19.4 Å². The molecule has 0 saturated carbocycles. The van der Waals surface area contributed by atoms with Gasteiger partial charge in [0.25, 0.3) is 0 Å². The van der Waals surface area contributed by atoms with Gasteiger partial charge in [-0.05, 0) is 44.2 Å². The normalized spacial score (nSPS) is 13.8. The Morgan fingerprint density at radius 1 is 0.789 bits per heavy atom. The van der Waals surface area contributed by atoms with Crippen molar-refractivity contribution in [2.45, 2.75) is 69.1 Å². The Kier molecular flexibility index (Phi) is 14.0. The van der Waals surface area contributed by atoms with Crippen LogP contribution in [0.2, 0.25) is 0 Å². The van der Waals surface area contributed by atoms with Crippen LogP contribution in [-0.2, 0) is 35.2 Å². The lowest BCUT2D eigenvalue weighted by Gasteiger charge is -2.25. The molecule has 0 saturated heterocycles. The third kappa shape index (κ3) is 12.3. The van der Waals surface area contributed by atoms with Crippen molar-refractivity contribution in [2.24, 2.45) is 17.2 Å². The van der Waals surface area contributed by atoms with Gasteiger partial charge >= 0.3 is 11.9 Å². The fourth-order valence-electron chi connectivity index (χ4n) is 3.48. The van der Waals surface area contributed by atoms with Crippen LogP contribution in [0.3, 0.4) is 0 Å². The molecule has 4 unspecified atom stereocenters. The van der Waals surface area contributed by atoms with Crippen LogP contribution in [0.15, 0.2) is 30.3 Å². The molecule has 0 aliphatic heterocycles. The van der Waals surface area contributed by atoms with Crippen molar-refractivity contribution < 1.29 is 39.0 Å². The van der Waals surface area contributed by atoms with Gasteiger partial charge in [-0.1, -0.05) is 30.3 Å². The van der Waals surface area contributed by atoms with Gasteiger partial charge in [0.2, 0.25) is 23.6 Å². The van der Waals surface area contributed by atoms with Crippen LogP contribution in [0.1, 0.15) is 44.1 Å². The summed E-state index contributed by atoms with van der Waals surface area (Å²) in [7, 11) is 0. The lowest BCUT2D eigenvalue weighted by Crippen LogP contribution is -2.57. The molecule has 14 nitrogen and oxygen atoms in total. The number of carboxylic acids is 2. The van der Waals surface area contributed by atoms with E-state index in [1.807, 2.05) is 11.4 Å². The molecule has 4 atom stereocenters. The predicted octanol–water partition coefficient (Wildman–Crippen LogP) is -2.04. The second kappa shape index (κ2) is 16.7. The quantitative estimate of drug-likeness (QED) is 0.0953. The van der Waals surface area contributed by atoms with Crippen molar-refractivity contribution in [1.82, 2.24) is 16.0 Å². The smallest absolute Gasteiger partial charge is 0.326 e. The first-order valence-electron chi connectivity index (χ1n) is 12.1. The number of hydrogen-bond acceptors (Lipinski definition) is 8. The van der Waals surface area contributed by atoms with Gasteiger partial charge in [-0.15, -0.1) is 0 Å². The molecule has 0 aromatic heterocycles. The number of carboxylic acid groups (broad SMARTS) is 2. The predicted molar refractivity (Wildman–Crippen MR) is 135 cm³/mol. The van der Waals surface area contributed by atoms with Gasteiger partial charge in [-0.25, -0.2) is 4.79 Å². The first-order valence-corrected chi connectivity index (χ1v) is 12.1. The average molecular weight is 537 g/mol. The lowest BCUT2D eigenvalue weighted by atomic mass is 10.0. The molecule has 0 radical (unpaired) electrons. The summed E-state index contributed by atoms with van der Waals surface area (Å²) in [5, 5.41) is 25.1. The molecule has 14 heteroatoms. The maximum atomic E-state index is 13.1. The minimum Gasteiger partial charge on any atom is -0.481 e.